The number of hydrogen-bond donors (Lipinski definition) is 0. The first-order valence-corrected chi connectivity index (χ1v) is 6.76. The highest BCUT2D eigenvalue weighted by atomic mass is 79.9. The Hall–Kier alpha value is -0.680. The number of likely N-dealkylation sites (tertiary alicyclic amines) is 1. The lowest BCUT2D eigenvalue weighted by atomic mass is 10.00. The number of carbonyl (C=O) groups excluding carboxylic acids is 1. The minimum Gasteiger partial charge on any atom is -0.303 e. The van der Waals surface area contributed by atoms with Crippen LogP contribution in [0.1, 0.15) is 24.2 Å². The molecule has 0 saturated carbocycles. The molecule has 1 saturated heterocycles. The first-order valence-electron chi connectivity index (χ1n) is 5.97. The number of nitrogens with zero attached hydrogens (tertiary/aromatic N) is 3. The molecule has 4 nitrogen and oxygen atoms in total. The first-order chi connectivity index (χ1) is 8.11. The summed E-state index contributed by atoms with van der Waals surface area (Å²) in [7, 11) is 1.97. The Morgan fingerprint density at radius 2 is 2.35 bits per heavy atom. The van der Waals surface area contributed by atoms with Crippen molar-refractivity contribution >= 4 is 22.2 Å². The molecule has 0 aliphatic carbocycles. The molecule has 0 amide bonds. The molecule has 1 atom stereocenters. The number of piperidine rings is 1. The van der Waals surface area contributed by atoms with Gasteiger partial charge in [0, 0.05) is 26.1 Å². The number of aldehydes is 1. The van der Waals surface area contributed by atoms with Gasteiger partial charge in [-0.05, 0) is 42.2 Å². The summed E-state index contributed by atoms with van der Waals surface area (Å²) in [5.74, 6) is 0.205. The van der Waals surface area contributed by atoms with Crippen LogP contribution in [-0.2, 0) is 18.4 Å². The highest BCUT2D eigenvalue weighted by Gasteiger charge is 2.21. The van der Waals surface area contributed by atoms with Crippen LogP contribution >= 0.6 is 15.9 Å². The monoisotopic (exact) mass is 299 g/mol. The van der Waals surface area contributed by atoms with Crippen molar-refractivity contribution < 1.29 is 4.79 Å². The Kier molecular flexibility index (Phi) is 3.99. The average Bonchev–Trinajstić information content (AvgIpc) is 2.56. The summed E-state index contributed by atoms with van der Waals surface area (Å²) in [6, 6.07) is 0. The van der Waals surface area contributed by atoms with Crippen molar-refractivity contribution in [1.29, 1.82) is 0 Å². The summed E-state index contributed by atoms with van der Waals surface area (Å²) >= 11 is 3.58. The van der Waals surface area contributed by atoms with E-state index < -0.39 is 0 Å². The van der Waals surface area contributed by atoms with E-state index in [0.717, 1.165) is 48.9 Å². The summed E-state index contributed by atoms with van der Waals surface area (Å²) in [6.07, 6.45) is 3.24. The van der Waals surface area contributed by atoms with Gasteiger partial charge in [-0.1, -0.05) is 0 Å². The van der Waals surface area contributed by atoms with E-state index in [9.17, 15) is 4.79 Å². The van der Waals surface area contributed by atoms with Gasteiger partial charge in [0.25, 0.3) is 0 Å². The van der Waals surface area contributed by atoms with Crippen molar-refractivity contribution in [3.05, 3.63) is 15.9 Å². The lowest BCUT2D eigenvalue weighted by Gasteiger charge is -2.30. The fourth-order valence-corrected chi connectivity index (χ4v) is 2.87. The van der Waals surface area contributed by atoms with E-state index in [1.807, 2.05) is 18.7 Å². The van der Waals surface area contributed by atoms with Gasteiger partial charge in [0.15, 0.2) is 0 Å². The second-order valence-electron chi connectivity index (χ2n) is 4.74. The molecule has 1 unspecified atom stereocenters. The topological polar surface area (TPSA) is 38.1 Å². The van der Waals surface area contributed by atoms with Gasteiger partial charge < -0.3 is 4.79 Å². The zero-order valence-corrected chi connectivity index (χ0v) is 11.9. The van der Waals surface area contributed by atoms with Gasteiger partial charge in [-0.15, -0.1) is 0 Å². The number of rotatable bonds is 3. The van der Waals surface area contributed by atoms with E-state index >= 15 is 0 Å². The lowest BCUT2D eigenvalue weighted by molar-refractivity contribution is -0.112. The van der Waals surface area contributed by atoms with Crippen LogP contribution in [0.2, 0.25) is 0 Å². The Balaban J connectivity index is 2.07. The minimum atomic E-state index is 0.205. The number of hydrogen-bond acceptors (Lipinski definition) is 3. The average molecular weight is 300 g/mol. The van der Waals surface area contributed by atoms with Crippen LogP contribution in [0.5, 0.6) is 0 Å². The lowest BCUT2D eigenvalue weighted by Crippen LogP contribution is -2.36. The Morgan fingerprint density at radius 3 is 2.94 bits per heavy atom. The van der Waals surface area contributed by atoms with Crippen LogP contribution in [0, 0.1) is 12.8 Å². The Labute approximate surface area is 110 Å². The number of halogens is 1. The molecule has 17 heavy (non-hydrogen) atoms. The molecule has 2 heterocycles. The van der Waals surface area contributed by atoms with Gasteiger partial charge >= 0.3 is 0 Å². The maximum Gasteiger partial charge on any atom is 0.124 e. The maximum absolute atomic E-state index is 10.8. The van der Waals surface area contributed by atoms with E-state index in [0.29, 0.717) is 0 Å². The van der Waals surface area contributed by atoms with Crippen molar-refractivity contribution in [1.82, 2.24) is 14.7 Å². The van der Waals surface area contributed by atoms with E-state index in [4.69, 9.17) is 0 Å². The second-order valence-corrected chi connectivity index (χ2v) is 5.54. The molecule has 1 aromatic rings. The first kappa shape index (κ1) is 12.8. The smallest absolute Gasteiger partial charge is 0.124 e. The molecule has 5 heteroatoms. The predicted molar refractivity (Wildman–Crippen MR) is 69.7 cm³/mol. The van der Waals surface area contributed by atoms with Crippen LogP contribution < -0.4 is 0 Å². The quantitative estimate of drug-likeness (QED) is 0.800. The van der Waals surface area contributed by atoms with Gasteiger partial charge in [-0.2, -0.15) is 5.10 Å². The SMILES string of the molecule is Cc1nn(C)c(CN2CCCC(C=O)C2)c1Br. The highest BCUT2D eigenvalue weighted by molar-refractivity contribution is 9.10. The van der Waals surface area contributed by atoms with Crippen LogP contribution in [0.4, 0.5) is 0 Å². The fraction of sp³-hybridized carbons (Fsp3) is 0.667. The van der Waals surface area contributed by atoms with Crippen molar-refractivity contribution in [3.8, 4) is 0 Å². The molecule has 0 bridgehead atoms. The molecule has 1 aromatic heterocycles. The summed E-state index contributed by atoms with van der Waals surface area (Å²) in [4.78, 5) is 13.2. The van der Waals surface area contributed by atoms with E-state index in [-0.39, 0.29) is 5.92 Å². The van der Waals surface area contributed by atoms with Crippen LogP contribution in [0.25, 0.3) is 0 Å². The van der Waals surface area contributed by atoms with Gasteiger partial charge in [-0.25, -0.2) is 0 Å². The molecule has 0 N–H and O–H groups in total. The fourth-order valence-electron chi connectivity index (χ4n) is 2.41. The molecule has 1 aliphatic rings. The molecular formula is C12H18BrN3O. The molecule has 2 rings (SSSR count). The normalized spacial score (nSPS) is 21.7. The summed E-state index contributed by atoms with van der Waals surface area (Å²) in [6.45, 7) is 4.81. The summed E-state index contributed by atoms with van der Waals surface area (Å²) in [5.41, 5.74) is 2.21. The molecule has 0 radical (unpaired) electrons. The van der Waals surface area contributed by atoms with Crippen LogP contribution in [-0.4, -0.2) is 34.1 Å². The third kappa shape index (κ3) is 2.77. The maximum atomic E-state index is 10.8. The molecule has 1 aliphatic heterocycles. The molecule has 0 spiro atoms. The van der Waals surface area contributed by atoms with Crippen LogP contribution in [0.3, 0.4) is 0 Å². The van der Waals surface area contributed by atoms with Gasteiger partial charge in [0.05, 0.1) is 15.9 Å². The van der Waals surface area contributed by atoms with E-state index in [1.54, 1.807) is 0 Å². The third-order valence-corrected chi connectivity index (χ3v) is 4.40. The predicted octanol–water partition coefficient (Wildman–Crippen LogP) is 1.90. The molecule has 94 valence electrons. The van der Waals surface area contributed by atoms with E-state index in [2.05, 4.69) is 25.9 Å². The zero-order chi connectivity index (χ0) is 12.4. The highest BCUT2D eigenvalue weighted by Crippen LogP contribution is 2.23. The van der Waals surface area contributed by atoms with Crippen molar-refractivity contribution in [2.75, 3.05) is 13.1 Å². The van der Waals surface area contributed by atoms with E-state index in [1.165, 1.54) is 5.69 Å². The van der Waals surface area contributed by atoms with Crippen molar-refractivity contribution in [3.63, 3.8) is 0 Å². The van der Waals surface area contributed by atoms with Gasteiger partial charge in [-0.3, -0.25) is 9.58 Å². The number of aryl methyl sites for hydroxylation is 2. The molecule has 1 fully saturated rings. The second kappa shape index (κ2) is 5.31. The van der Waals surface area contributed by atoms with Gasteiger partial charge in [0.2, 0.25) is 0 Å². The molecular weight excluding hydrogens is 282 g/mol. The standard InChI is InChI=1S/C12H18BrN3O/c1-9-12(13)11(15(2)14-9)7-16-5-3-4-10(6-16)8-17/h8,10H,3-7H2,1-2H3. The Morgan fingerprint density at radius 1 is 1.59 bits per heavy atom. The zero-order valence-electron chi connectivity index (χ0n) is 10.3. The third-order valence-electron chi connectivity index (χ3n) is 3.37. The summed E-state index contributed by atoms with van der Waals surface area (Å²) < 4.78 is 3.01. The van der Waals surface area contributed by atoms with Crippen LogP contribution in [0.15, 0.2) is 4.47 Å². The Bertz CT molecular complexity index is 416. The van der Waals surface area contributed by atoms with Crippen molar-refractivity contribution in [2.45, 2.75) is 26.3 Å². The largest absolute Gasteiger partial charge is 0.303 e. The molecule has 0 aromatic carbocycles. The minimum absolute atomic E-state index is 0.205. The number of carbonyl (C=O) groups is 1. The number of aromatic nitrogens is 2. The summed E-state index contributed by atoms with van der Waals surface area (Å²) in [5, 5.41) is 4.39. The van der Waals surface area contributed by atoms with Crippen molar-refractivity contribution in [2.24, 2.45) is 13.0 Å². The van der Waals surface area contributed by atoms with Gasteiger partial charge in [0.1, 0.15) is 6.29 Å².